The van der Waals surface area contributed by atoms with Gasteiger partial charge in [-0.25, -0.2) is 15.0 Å². The number of aliphatic hydroxyl groups is 1. The molecule has 2 aromatic heterocycles. The molecule has 0 amide bonds. The van der Waals surface area contributed by atoms with Crippen LogP contribution in [0, 0.1) is 0 Å². The summed E-state index contributed by atoms with van der Waals surface area (Å²) in [5.74, 6) is 0.499. The molecule has 5 nitrogen and oxygen atoms in total. The molecule has 2 aromatic rings. The number of nitrogens with zero attached hydrogens (tertiary/aromatic N) is 3. The molecule has 0 aliphatic carbocycles. The standard InChI is InChI=1S/C10H11N3O2S/c1-6(14)8-4-16-10(13-8)7-3-9(15-2)12-5-11-7/h3-6,14H,1-2H3. The van der Waals surface area contributed by atoms with Crippen LogP contribution in [0.1, 0.15) is 18.7 Å². The van der Waals surface area contributed by atoms with Crippen LogP contribution in [-0.4, -0.2) is 27.2 Å². The molecule has 0 aromatic carbocycles. The number of aromatic nitrogens is 3. The van der Waals surface area contributed by atoms with Crippen molar-refractivity contribution < 1.29 is 9.84 Å². The normalized spacial score (nSPS) is 12.4. The first-order chi connectivity index (χ1) is 7.70. The van der Waals surface area contributed by atoms with E-state index in [1.54, 1.807) is 20.1 Å². The Kier molecular flexibility index (Phi) is 3.12. The summed E-state index contributed by atoms with van der Waals surface area (Å²) in [4.78, 5) is 12.3. The minimum absolute atomic E-state index is 0.499. The van der Waals surface area contributed by atoms with Crippen LogP contribution in [0.4, 0.5) is 0 Å². The van der Waals surface area contributed by atoms with Crippen LogP contribution in [0.3, 0.4) is 0 Å². The van der Waals surface area contributed by atoms with Gasteiger partial charge in [0.25, 0.3) is 0 Å². The summed E-state index contributed by atoms with van der Waals surface area (Å²) in [6.45, 7) is 1.68. The second-order valence-electron chi connectivity index (χ2n) is 3.20. The average Bonchev–Trinajstić information content (AvgIpc) is 2.78. The largest absolute Gasteiger partial charge is 0.481 e. The monoisotopic (exact) mass is 237 g/mol. The van der Waals surface area contributed by atoms with E-state index in [0.717, 1.165) is 5.01 Å². The SMILES string of the molecule is COc1cc(-c2nc(C(C)O)cs2)ncn1. The van der Waals surface area contributed by atoms with E-state index in [0.29, 0.717) is 17.3 Å². The van der Waals surface area contributed by atoms with Gasteiger partial charge in [0.15, 0.2) is 0 Å². The lowest BCUT2D eigenvalue weighted by molar-refractivity contribution is 0.195. The Labute approximate surface area is 96.8 Å². The Morgan fingerprint density at radius 1 is 1.44 bits per heavy atom. The summed E-state index contributed by atoms with van der Waals surface area (Å²) in [6.07, 6.45) is 0.867. The Balaban J connectivity index is 2.34. The summed E-state index contributed by atoms with van der Waals surface area (Å²) >= 11 is 1.43. The third-order valence-corrected chi connectivity index (χ3v) is 2.90. The predicted molar refractivity (Wildman–Crippen MR) is 60.3 cm³/mol. The molecular weight excluding hydrogens is 226 g/mol. The van der Waals surface area contributed by atoms with Crippen LogP contribution in [0.15, 0.2) is 17.8 Å². The molecule has 84 valence electrons. The maximum Gasteiger partial charge on any atom is 0.216 e. The highest BCUT2D eigenvalue weighted by molar-refractivity contribution is 7.13. The number of hydrogen-bond donors (Lipinski definition) is 1. The number of methoxy groups -OCH3 is 1. The minimum Gasteiger partial charge on any atom is -0.481 e. The molecule has 1 N–H and O–H groups in total. The van der Waals surface area contributed by atoms with Gasteiger partial charge in [-0.2, -0.15) is 0 Å². The number of hydrogen-bond acceptors (Lipinski definition) is 6. The lowest BCUT2D eigenvalue weighted by Gasteiger charge is -1.99. The van der Waals surface area contributed by atoms with Gasteiger partial charge in [-0.05, 0) is 6.92 Å². The van der Waals surface area contributed by atoms with Crippen molar-refractivity contribution >= 4 is 11.3 Å². The van der Waals surface area contributed by atoms with Crippen LogP contribution < -0.4 is 4.74 Å². The maximum atomic E-state index is 9.37. The second kappa shape index (κ2) is 4.54. The number of rotatable bonds is 3. The zero-order chi connectivity index (χ0) is 11.5. The van der Waals surface area contributed by atoms with Gasteiger partial charge in [0.1, 0.15) is 17.0 Å². The maximum absolute atomic E-state index is 9.37. The zero-order valence-corrected chi connectivity index (χ0v) is 9.73. The van der Waals surface area contributed by atoms with Crippen LogP contribution in [0.2, 0.25) is 0 Å². The van der Waals surface area contributed by atoms with E-state index in [1.807, 2.05) is 5.38 Å². The fraction of sp³-hybridized carbons (Fsp3) is 0.300. The van der Waals surface area contributed by atoms with Gasteiger partial charge in [-0.15, -0.1) is 11.3 Å². The van der Waals surface area contributed by atoms with Gasteiger partial charge in [0.05, 0.1) is 18.9 Å². The molecule has 0 aliphatic rings. The topological polar surface area (TPSA) is 68.1 Å². The third-order valence-electron chi connectivity index (χ3n) is 2.02. The fourth-order valence-electron chi connectivity index (χ4n) is 1.16. The van der Waals surface area contributed by atoms with Crippen LogP contribution >= 0.6 is 11.3 Å². The average molecular weight is 237 g/mol. The zero-order valence-electron chi connectivity index (χ0n) is 8.91. The molecular formula is C10H11N3O2S. The summed E-state index contributed by atoms with van der Waals surface area (Å²) in [6, 6.07) is 1.71. The molecule has 0 bridgehead atoms. The molecule has 0 saturated carbocycles. The van der Waals surface area contributed by atoms with Gasteiger partial charge < -0.3 is 9.84 Å². The van der Waals surface area contributed by atoms with E-state index in [1.165, 1.54) is 17.7 Å². The number of thiazole rings is 1. The smallest absolute Gasteiger partial charge is 0.216 e. The second-order valence-corrected chi connectivity index (χ2v) is 4.06. The first kappa shape index (κ1) is 11.0. The fourth-order valence-corrected chi connectivity index (χ4v) is 2.04. The molecule has 2 heterocycles. The molecule has 1 unspecified atom stereocenters. The van der Waals surface area contributed by atoms with Crippen molar-refractivity contribution in [3.05, 3.63) is 23.5 Å². The van der Waals surface area contributed by atoms with Crippen LogP contribution in [0.25, 0.3) is 10.7 Å². The molecule has 16 heavy (non-hydrogen) atoms. The summed E-state index contributed by atoms with van der Waals surface area (Å²) in [5.41, 5.74) is 1.35. The van der Waals surface area contributed by atoms with Crippen molar-refractivity contribution in [2.75, 3.05) is 7.11 Å². The molecule has 6 heteroatoms. The van der Waals surface area contributed by atoms with Crippen molar-refractivity contribution in [3.8, 4) is 16.6 Å². The highest BCUT2D eigenvalue weighted by Gasteiger charge is 2.10. The minimum atomic E-state index is -0.561. The molecule has 0 saturated heterocycles. The van der Waals surface area contributed by atoms with E-state index in [-0.39, 0.29) is 0 Å². The molecule has 0 aliphatic heterocycles. The van der Waals surface area contributed by atoms with Crippen molar-refractivity contribution in [1.29, 1.82) is 0 Å². The van der Waals surface area contributed by atoms with Crippen LogP contribution in [-0.2, 0) is 0 Å². The molecule has 0 spiro atoms. The van der Waals surface area contributed by atoms with Gasteiger partial charge >= 0.3 is 0 Å². The first-order valence-corrected chi connectivity index (χ1v) is 5.58. The lowest BCUT2D eigenvalue weighted by Crippen LogP contribution is -1.92. The van der Waals surface area contributed by atoms with E-state index >= 15 is 0 Å². The molecule has 2 rings (SSSR count). The highest BCUT2D eigenvalue weighted by atomic mass is 32.1. The van der Waals surface area contributed by atoms with Gasteiger partial charge in [-0.3, -0.25) is 0 Å². The lowest BCUT2D eigenvalue weighted by atomic mass is 10.3. The Morgan fingerprint density at radius 3 is 2.88 bits per heavy atom. The molecule has 1 atom stereocenters. The van der Waals surface area contributed by atoms with Gasteiger partial charge in [-0.1, -0.05) is 0 Å². The summed E-state index contributed by atoms with van der Waals surface area (Å²) < 4.78 is 5.01. The Morgan fingerprint density at radius 2 is 2.25 bits per heavy atom. The number of aliphatic hydroxyl groups excluding tert-OH is 1. The Hall–Kier alpha value is -1.53. The van der Waals surface area contributed by atoms with Crippen LogP contribution in [0.5, 0.6) is 5.88 Å². The first-order valence-electron chi connectivity index (χ1n) is 4.70. The number of ether oxygens (including phenoxy) is 1. The van der Waals surface area contributed by atoms with Crippen molar-refractivity contribution in [3.63, 3.8) is 0 Å². The van der Waals surface area contributed by atoms with E-state index in [9.17, 15) is 5.11 Å². The summed E-state index contributed by atoms with van der Waals surface area (Å²) in [7, 11) is 1.55. The molecule has 0 fully saturated rings. The van der Waals surface area contributed by atoms with Crippen molar-refractivity contribution in [2.45, 2.75) is 13.0 Å². The van der Waals surface area contributed by atoms with E-state index < -0.39 is 6.10 Å². The van der Waals surface area contributed by atoms with Gasteiger partial charge in [0, 0.05) is 11.4 Å². The van der Waals surface area contributed by atoms with E-state index in [4.69, 9.17) is 4.74 Å². The van der Waals surface area contributed by atoms with Gasteiger partial charge in [0.2, 0.25) is 5.88 Å². The summed E-state index contributed by atoms with van der Waals surface area (Å²) in [5, 5.41) is 11.9. The Bertz CT molecular complexity index is 484. The van der Waals surface area contributed by atoms with E-state index in [2.05, 4.69) is 15.0 Å². The third kappa shape index (κ3) is 2.17. The van der Waals surface area contributed by atoms with Crippen molar-refractivity contribution in [1.82, 2.24) is 15.0 Å². The predicted octanol–water partition coefficient (Wildman–Crippen LogP) is 1.66. The quantitative estimate of drug-likeness (QED) is 0.879. The molecule has 0 radical (unpaired) electrons. The van der Waals surface area contributed by atoms with Crippen molar-refractivity contribution in [2.24, 2.45) is 0 Å². The highest BCUT2D eigenvalue weighted by Crippen LogP contribution is 2.25.